The summed E-state index contributed by atoms with van der Waals surface area (Å²) in [4.78, 5) is 24.1. The van der Waals surface area contributed by atoms with Crippen molar-refractivity contribution in [2.75, 3.05) is 19.5 Å². The van der Waals surface area contributed by atoms with Crippen molar-refractivity contribution in [1.82, 2.24) is 5.43 Å². The molecule has 2 rings (SSSR count). The van der Waals surface area contributed by atoms with Crippen LogP contribution in [0.4, 0.5) is 5.69 Å². The zero-order chi connectivity index (χ0) is 21.2. The number of nitrogens with one attached hydrogen (secondary N) is 2. The second-order valence-corrected chi connectivity index (χ2v) is 6.43. The number of nitrogens with zero attached hydrogens (tertiary/aromatic N) is 1. The number of hydrogen-bond acceptors (Lipinski definition) is 5. The number of hydrazone groups is 1. The van der Waals surface area contributed by atoms with E-state index in [0.717, 1.165) is 18.4 Å². The van der Waals surface area contributed by atoms with Crippen LogP contribution in [0.25, 0.3) is 0 Å². The highest BCUT2D eigenvalue weighted by atomic mass is 16.5. The second kappa shape index (κ2) is 10.8. The molecule has 0 fully saturated rings. The number of methoxy groups -OCH3 is 2. The maximum Gasteiger partial charge on any atom is 0.271 e. The molecule has 7 heteroatoms. The standard InChI is InChI=1S/C22H27N3O4/c1-5-6-7-21(26)23-17-10-8-16(9-11-17)22(27)25-24-15(2)19-13-12-18(28-3)14-20(19)29-4/h8-14H,5-7H2,1-4H3,(H,23,26)(H,25,27)/b24-15+. The van der Waals surface area contributed by atoms with Gasteiger partial charge in [0, 0.05) is 29.3 Å². The van der Waals surface area contributed by atoms with Crippen molar-refractivity contribution >= 4 is 23.2 Å². The zero-order valence-electron chi connectivity index (χ0n) is 17.2. The molecule has 0 bridgehead atoms. The van der Waals surface area contributed by atoms with E-state index in [1.165, 1.54) is 0 Å². The zero-order valence-corrected chi connectivity index (χ0v) is 17.2. The van der Waals surface area contributed by atoms with Crippen LogP contribution in [0.1, 0.15) is 49.0 Å². The molecule has 2 amide bonds. The first-order valence-electron chi connectivity index (χ1n) is 9.45. The number of anilines is 1. The molecule has 0 saturated carbocycles. The van der Waals surface area contributed by atoms with Gasteiger partial charge in [0.2, 0.25) is 5.91 Å². The molecular formula is C22H27N3O4. The van der Waals surface area contributed by atoms with Crippen LogP contribution in [-0.2, 0) is 4.79 Å². The summed E-state index contributed by atoms with van der Waals surface area (Å²) >= 11 is 0. The predicted octanol–water partition coefficient (Wildman–Crippen LogP) is 3.99. The summed E-state index contributed by atoms with van der Waals surface area (Å²) in [5, 5.41) is 6.98. The van der Waals surface area contributed by atoms with Crippen LogP contribution in [0.2, 0.25) is 0 Å². The summed E-state index contributed by atoms with van der Waals surface area (Å²) in [6.45, 7) is 3.81. The van der Waals surface area contributed by atoms with Crippen molar-refractivity contribution in [2.45, 2.75) is 33.1 Å². The molecule has 0 aliphatic rings. The average Bonchev–Trinajstić information content (AvgIpc) is 2.75. The van der Waals surface area contributed by atoms with E-state index in [1.54, 1.807) is 57.5 Å². The van der Waals surface area contributed by atoms with Gasteiger partial charge in [0.25, 0.3) is 5.91 Å². The first kappa shape index (κ1) is 21.9. The average molecular weight is 397 g/mol. The number of hydrogen-bond donors (Lipinski definition) is 2. The fraction of sp³-hybridized carbons (Fsp3) is 0.318. The van der Waals surface area contributed by atoms with Crippen LogP contribution in [0.15, 0.2) is 47.6 Å². The molecule has 0 unspecified atom stereocenters. The molecule has 2 aromatic rings. The maximum absolute atomic E-state index is 12.4. The first-order valence-corrected chi connectivity index (χ1v) is 9.45. The molecule has 154 valence electrons. The van der Waals surface area contributed by atoms with Gasteiger partial charge in [-0.1, -0.05) is 13.3 Å². The smallest absolute Gasteiger partial charge is 0.271 e. The van der Waals surface area contributed by atoms with Crippen LogP contribution >= 0.6 is 0 Å². The number of carbonyl (C=O) groups excluding carboxylic acids is 2. The Bertz CT molecular complexity index is 876. The lowest BCUT2D eigenvalue weighted by Crippen LogP contribution is -2.19. The van der Waals surface area contributed by atoms with Crippen LogP contribution in [0.3, 0.4) is 0 Å². The molecule has 0 aliphatic heterocycles. The Kier molecular flexibility index (Phi) is 8.21. The number of benzene rings is 2. The van der Waals surface area contributed by atoms with E-state index in [1.807, 2.05) is 13.0 Å². The molecule has 0 saturated heterocycles. The fourth-order valence-corrected chi connectivity index (χ4v) is 2.62. The SMILES string of the molecule is CCCCC(=O)Nc1ccc(C(=O)N/N=C(\C)c2ccc(OC)cc2OC)cc1. The highest BCUT2D eigenvalue weighted by molar-refractivity contribution is 6.03. The highest BCUT2D eigenvalue weighted by Crippen LogP contribution is 2.25. The quantitative estimate of drug-likeness (QED) is 0.495. The molecule has 29 heavy (non-hydrogen) atoms. The largest absolute Gasteiger partial charge is 0.497 e. The van der Waals surface area contributed by atoms with Gasteiger partial charge < -0.3 is 14.8 Å². The van der Waals surface area contributed by atoms with Gasteiger partial charge in [-0.25, -0.2) is 5.43 Å². The van der Waals surface area contributed by atoms with Crippen molar-refractivity contribution < 1.29 is 19.1 Å². The van der Waals surface area contributed by atoms with Gasteiger partial charge in [-0.3, -0.25) is 9.59 Å². The fourth-order valence-electron chi connectivity index (χ4n) is 2.62. The van der Waals surface area contributed by atoms with Crippen molar-refractivity contribution in [2.24, 2.45) is 5.10 Å². The lowest BCUT2D eigenvalue weighted by molar-refractivity contribution is -0.116. The van der Waals surface area contributed by atoms with E-state index in [4.69, 9.17) is 9.47 Å². The number of rotatable bonds is 9. The molecule has 2 N–H and O–H groups in total. The van der Waals surface area contributed by atoms with Crippen molar-refractivity contribution in [1.29, 1.82) is 0 Å². The summed E-state index contributed by atoms with van der Waals surface area (Å²) in [6, 6.07) is 12.0. The molecular weight excluding hydrogens is 370 g/mol. The van der Waals surface area contributed by atoms with Crippen LogP contribution in [0.5, 0.6) is 11.5 Å². The minimum atomic E-state index is -0.347. The summed E-state index contributed by atoms with van der Waals surface area (Å²) in [7, 11) is 3.14. The van der Waals surface area contributed by atoms with Gasteiger partial charge in [0.1, 0.15) is 11.5 Å². The third-order valence-electron chi connectivity index (χ3n) is 4.31. The van der Waals surface area contributed by atoms with E-state index >= 15 is 0 Å². The topological polar surface area (TPSA) is 89.0 Å². The Morgan fingerprint density at radius 3 is 2.38 bits per heavy atom. The van der Waals surface area contributed by atoms with E-state index in [0.29, 0.717) is 34.9 Å². The Hall–Kier alpha value is -3.35. The third kappa shape index (κ3) is 6.34. The normalized spacial score (nSPS) is 11.0. The van der Waals surface area contributed by atoms with Crippen LogP contribution in [0, 0.1) is 0 Å². The molecule has 0 atom stereocenters. The van der Waals surface area contributed by atoms with Gasteiger partial charge in [-0.2, -0.15) is 5.10 Å². The summed E-state index contributed by atoms with van der Waals surface area (Å²) in [5.41, 5.74) is 4.98. The molecule has 2 aromatic carbocycles. The van der Waals surface area contributed by atoms with Crippen molar-refractivity contribution in [3.63, 3.8) is 0 Å². The predicted molar refractivity (Wildman–Crippen MR) is 114 cm³/mol. The first-order chi connectivity index (χ1) is 14.0. The van der Waals surface area contributed by atoms with Crippen molar-refractivity contribution in [3.05, 3.63) is 53.6 Å². The molecule has 0 spiro atoms. The molecule has 0 aliphatic carbocycles. The number of ether oxygens (including phenoxy) is 2. The Balaban J connectivity index is 2.02. The van der Waals surface area contributed by atoms with E-state index in [-0.39, 0.29) is 11.8 Å². The Labute approximate surface area is 171 Å². The third-order valence-corrected chi connectivity index (χ3v) is 4.31. The van der Waals surface area contributed by atoms with Gasteiger partial charge in [-0.05, 0) is 49.7 Å². The van der Waals surface area contributed by atoms with Crippen molar-refractivity contribution in [3.8, 4) is 11.5 Å². The maximum atomic E-state index is 12.4. The Morgan fingerprint density at radius 1 is 1.03 bits per heavy atom. The van der Waals surface area contributed by atoms with E-state index < -0.39 is 0 Å². The van der Waals surface area contributed by atoms with E-state index in [2.05, 4.69) is 15.8 Å². The molecule has 0 heterocycles. The summed E-state index contributed by atoms with van der Waals surface area (Å²) in [5.74, 6) is 0.894. The molecule has 7 nitrogen and oxygen atoms in total. The van der Waals surface area contributed by atoms with Crippen LogP contribution in [-0.4, -0.2) is 31.7 Å². The van der Waals surface area contributed by atoms with E-state index in [9.17, 15) is 9.59 Å². The summed E-state index contributed by atoms with van der Waals surface area (Å²) in [6.07, 6.45) is 2.30. The van der Waals surface area contributed by atoms with Gasteiger partial charge in [-0.15, -0.1) is 0 Å². The summed E-state index contributed by atoms with van der Waals surface area (Å²) < 4.78 is 10.5. The number of carbonyl (C=O) groups is 2. The van der Waals surface area contributed by atoms with Gasteiger partial charge >= 0.3 is 0 Å². The molecule has 0 radical (unpaired) electrons. The minimum Gasteiger partial charge on any atom is -0.497 e. The lowest BCUT2D eigenvalue weighted by Gasteiger charge is -2.10. The monoisotopic (exact) mass is 397 g/mol. The second-order valence-electron chi connectivity index (χ2n) is 6.43. The van der Waals surface area contributed by atoms with Gasteiger partial charge in [0.05, 0.1) is 19.9 Å². The van der Waals surface area contributed by atoms with Gasteiger partial charge in [0.15, 0.2) is 0 Å². The highest BCUT2D eigenvalue weighted by Gasteiger charge is 2.10. The Morgan fingerprint density at radius 2 is 1.76 bits per heavy atom. The number of amides is 2. The number of unbranched alkanes of at least 4 members (excludes halogenated alkanes) is 1. The minimum absolute atomic E-state index is 0.0299. The van der Waals surface area contributed by atoms with Crippen LogP contribution < -0.4 is 20.2 Å². The molecule has 0 aromatic heterocycles. The lowest BCUT2D eigenvalue weighted by atomic mass is 10.1.